The molecule has 0 fully saturated rings. The van der Waals surface area contributed by atoms with Crippen LogP contribution in [0.2, 0.25) is 0 Å². The van der Waals surface area contributed by atoms with Gasteiger partial charge in [0.2, 0.25) is 0 Å². The average molecular weight is 224 g/mol. The molecule has 0 heterocycles. The zero-order valence-electron chi connectivity index (χ0n) is 9.05. The molecule has 1 aromatic carbocycles. The fourth-order valence-corrected chi connectivity index (χ4v) is 2.31. The first-order valence-corrected chi connectivity index (χ1v) is 6.62. The molecule has 0 aliphatic carbocycles. The highest BCUT2D eigenvalue weighted by Crippen LogP contribution is 2.10. The number of allylic oxidation sites excluding steroid dienone is 1. The van der Waals surface area contributed by atoms with E-state index in [1.807, 2.05) is 26.0 Å². The van der Waals surface area contributed by atoms with Gasteiger partial charge in [0, 0.05) is 0 Å². The first-order valence-electron chi connectivity index (χ1n) is 4.97. The van der Waals surface area contributed by atoms with Crippen molar-refractivity contribution in [3.05, 3.63) is 42.5 Å². The molecule has 0 unspecified atom stereocenters. The Balaban J connectivity index is 2.78. The van der Waals surface area contributed by atoms with E-state index in [0.717, 1.165) is 0 Å². The Labute approximate surface area is 91.6 Å². The van der Waals surface area contributed by atoms with Crippen molar-refractivity contribution in [1.29, 1.82) is 0 Å². The number of hydrogen-bond donors (Lipinski definition) is 0. The standard InChI is InChI=1S/C12H16O2S/c1-11(2)7-6-10-15(13,14)12-8-4-3-5-9-12/h3-9,11H,10H2,1-2H3/b7-6+. The molecular formula is C12H16O2S. The van der Waals surface area contributed by atoms with Gasteiger partial charge in [-0.25, -0.2) is 8.42 Å². The van der Waals surface area contributed by atoms with Gasteiger partial charge in [0.15, 0.2) is 9.84 Å². The van der Waals surface area contributed by atoms with Gasteiger partial charge in [-0.1, -0.05) is 44.2 Å². The van der Waals surface area contributed by atoms with Crippen LogP contribution in [0.4, 0.5) is 0 Å². The molecule has 2 nitrogen and oxygen atoms in total. The van der Waals surface area contributed by atoms with Crippen LogP contribution in [0.5, 0.6) is 0 Å². The van der Waals surface area contributed by atoms with Crippen molar-refractivity contribution in [1.82, 2.24) is 0 Å². The third kappa shape index (κ3) is 3.88. The molecule has 1 rings (SSSR count). The van der Waals surface area contributed by atoms with E-state index in [9.17, 15) is 8.42 Å². The van der Waals surface area contributed by atoms with Gasteiger partial charge in [-0.3, -0.25) is 0 Å². The fraction of sp³-hybridized carbons (Fsp3) is 0.333. The van der Waals surface area contributed by atoms with E-state index in [4.69, 9.17) is 0 Å². The molecule has 0 saturated carbocycles. The van der Waals surface area contributed by atoms with Gasteiger partial charge in [0.05, 0.1) is 10.6 Å². The summed E-state index contributed by atoms with van der Waals surface area (Å²) in [5.74, 6) is 0.464. The molecule has 0 saturated heterocycles. The summed E-state index contributed by atoms with van der Waals surface area (Å²) in [4.78, 5) is 0.387. The number of sulfone groups is 1. The van der Waals surface area contributed by atoms with E-state index in [0.29, 0.717) is 10.8 Å². The Bertz CT molecular complexity index is 416. The lowest BCUT2D eigenvalue weighted by molar-refractivity contribution is 0.599. The van der Waals surface area contributed by atoms with Crippen molar-refractivity contribution < 1.29 is 8.42 Å². The summed E-state index contributed by atoms with van der Waals surface area (Å²) in [5, 5.41) is 0. The molecule has 0 atom stereocenters. The van der Waals surface area contributed by atoms with Crippen LogP contribution in [0.3, 0.4) is 0 Å². The van der Waals surface area contributed by atoms with Crippen LogP contribution in [0, 0.1) is 5.92 Å². The predicted octanol–water partition coefficient (Wildman–Crippen LogP) is 2.67. The molecule has 3 heteroatoms. The largest absolute Gasteiger partial charge is 0.223 e. The van der Waals surface area contributed by atoms with Gasteiger partial charge in [0.25, 0.3) is 0 Å². The highest BCUT2D eigenvalue weighted by atomic mass is 32.2. The molecule has 0 N–H and O–H groups in total. The van der Waals surface area contributed by atoms with Crippen molar-refractivity contribution in [2.75, 3.05) is 5.75 Å². The highest BCUT2D eigenvalue weighted by Gasteiger charge is 2.10. The lowest BCUT2D eigenvalue weighted by Gasteiger charge is -2.00. The minimum Gasteiger partial charge on any atom is -0.223 e. The Kier molecular flexibility index (Phi) is 4.09. The van der Waals surface area contributed by atoms with E-state index >= 15 is 0 Å². The lowest BCUT2D eigenvalue weighted by atomic mass is 10.2. The molecule has 15 heavy (non-hydrogen) atoms. The van der Waals surface area contributed by atoms with Crippen molar-refractivity contribution in [2.45, 2.75) is 18.7 Å². The quantitative estimate of drug-likeness (QED) is 0.737. The van der Waals surface area contributed by atoms with E-state index in [-0.39, 0.29) is 5.75 Å². The summed E-state index contributed by atoms with van der Waals surface area (Å²) in [6, 6.07) is 8.53. The Morgan fingerprint density at radius 2 is 1.80 bits per heavy atom. The summed E-state index contributed by atoms with van der Waals surface area (Å²) in [5.41, 5.74) is 0. The van der Waals surface area contributed by atoms with Gasteiger partial charge in [-0.05, 0) is 18.1 Å². The Hall–Kier alpha value is -1.09. The summed E-state index contributed by atoms with van der Waals surface area (Å²) >= 11 is 0. The first kappa shape index (κ1) is 12.0. The molecule has 0 radical (unpaired) electrons. The van der Waals surface area contributed by atoms with E-state index in [1.165, 1.54) is 0 Å². The summed E-state index contributed by atoms with van der Waals surface area (Å²) in [6.07, 6.45) is 3.62. The third-order valence-electron chi connectivity index (χ3n) is 1.94. The topological polar surface area (TPSA) is 34.1 Å². The van der Waals surface area contributed by atoms with Gasteiger partial charge >= 0.3 is 0 Å². The molecule has 82 valence electrons. The maximum atomic E-state index is 11.8. The summed E-state index contributed by atoms with van der Waals surface area (Å²) in [7, 11) is -3.14. The molecule has 0 aliphatic rings. The molecule has 0 bridgehead atoms. The number of benzene rings is 1. The normalized spacial score (nSPS) is 12.5. The van der Waals surface area contributed by atoms with Crippen LogP contribution in [0.25, 0.3) is 0 Å². The third-order valence-corrected chi connectivity index (χ3v) is 3.56. The highest BCUT2D eigenvalue weighted by molar-refractivity contribution is 7.91. The SMILES string of the molecule is CC(C)/C=C/CS(=O)(=O)c1ccccc1. The fourth-order valence-electron chi connectivity index (χ4n) is 1.18. The molecule has 0 amide bonds. The Morgan fingerprint density at radius 3 is 2.33 bits per heavy atom. The first-order chi connectivity index (χ1) is 7.02. The van der Waals surface area contributed by atoms with E-state index in [1.54, 1.807) is 30.3 Å². The van der Waals surface area contributed by atoms with Crippen molar-refractivity contribution >= 4 is 9.84 Å². The predicted molar refractivity (Wildman–Crippen MR) is 62.5 cm³/mol. The van der Waals surface area contributed by atoms with E-state index < -0.39 is 9.84 Å². The van der Waals surface area contributed by atoms with Gasteiger partial charge in [0.1, 0.15) is 0 Å². The number of hydrogen-bond acceptors (Lipinski definition) is 2. The smallest absolute Gasteiger partial charge is 0.181 e. The monoisotopic (exact) mass is 224 g/mol. The minimum atomic E-state index is -3.14. The zero-order chi connectivity index (χ0) is 11.3. The average Bonchev–Trinajstić information content (AvgIpc) is 2.18. The van der Waals surface area contributed by atoms with Crippen molar-refractivity contribution in [3.8, 4) is 0 Å². The van der Waals surface area contributed by atoms with Crippen LogP contribution in [0.1, 0.15) is 13.8 Å². The number of rotatable bonds is 4. The second-order valence-electron chi connectivity index (χ2n) is 3.77. The van der Waals surface area contributed by atoms with E-state index in [2.05, 4.69) is 0 Å². The molecule has 0 aromatic heterocycles. The van der Waals surface area contributed by atoms with Gasteiger partial charge in [-0.15, -0.1) is 0 Å². The Morgan fingerprint density at radius 1 is 1.20 bits per heavy atom. The summed E-state index contributed by atoms with van der Waals surface area (Å²) in [6.45, 7) is 4.04. The van der Waals surface area contributed by atoms with Crippen LogP contribution < -0.4 is 0 Å². The zero-order valence-corrected chi connectivity index (χ0v) is 9.87. The van der Waals surface area contributed by atoms with Gasteiger partial charge in [-0.2, -0.15) is 0 Å². The molecule has 0 aliphatic heterocycles. The maximum Gasteiger partial charge on any atom is 0.181 e. The molecule has 1 aromatic rings. The second kappa shape index (κ2) is 5.12. The van der Waals surface area contributed by atoms with Gasteiger partial charge < -0.3 is 0 Å². The van der Waals surface area contributed by atoms with Crippen molar-refractivity contribution in [3.63, 3.8) is 0 Å². The minimum absolute atomic E-state index is 0.0786. The van der Waals surface area contributed by atoms with Crippen LogP contribution >= 0.6 is 0 Å². The molecule has 0 spiro atoms. The molecular weight excluding hydrogens is 208 g/mol. The second-order valence-corrected chi connectivity index (χ2v) is 5.80. The van der Waals surface area contributed by atoms with Crippen LogP contribution in [-0.2, 0) is 9.84 Å². The van der Waals surface area contributed by atoms with Crippen LogP contribution in [-0.4, -0.2) is 14.2 Å². The van der Waals surface area contributed by atoms with Crippen LogP contribution in [0.15, 0.2) is 47.4 Å². The maximum absolute atomic E-state index is 11.8. The summed E-state index contributed by atoms with van der Waals surface area (Å²) < 4.78 is 23.5. The van der Waals surface area contributed by atoms with Crippen molar-refractivity contribution in [2.24, 2.45) is 5.92 Å². The lowest BCUT2D eigenvalue weighted by Crippen LogP contribution is -2.04.